The summed E-state index contributed by atoms with van der Waals surface area (Å²) in [6.07, 6.45) is 4.32. The summed E-state index contributed by atoms with van der Waals surface area (Å²) >= 11 is 2.29. The van der Waals surface area contributed by atoms with Crippen molar-refractivity contribution in [2.24, 2.45) is 5.92 Å². The van der Waals surface area contributed by atoms with Crippen LogP contribution >= 0.6 is 0 Å². The molecule has 0 aliphatic carbocycles. The van der Waals surface area contributed by atoms with Crippen LogP contribution in [-0.2, 0) is 0 Å². The fraction of sp³-hybridized carbons (Fsp3) is 1.00. The first-order valence-electron chi connectivity index (χ1n) is 4.51. The molecule has 1 unspecified atom stereocenters. The van der Waals surface area contributed by atoms with E-state index in [4.69, 9.17) is 0 Å². The second kappa shape index (κ2) is 4.44. The van der Waals surface area contributed by atoms with Gasteiger partial charge in [0.2, 0.25) is 0 Å². The van der Waals surface area contributed by atoms with Gasteiger partial charge < -0.3 is 0 Å². The van der Waals surface area contributed by atoms with Crippen molar-refractivity contribution in [3.8, 4) is 0 Å². The number of rotatable bonds is 2. The van der Waals surface area contributed by atoms with Crippen LogP contribution < -0.4 is 0 Å². The molecule has 1 heterocycles. The average Bonchev–Trinajstić information content (AvgIpc) is 1.88. The van der Waals surface area contributed by atoms with Crippen molar-refractivity contribution in [3.63, 3.8) is 0 Å². The zero-order valence-corrected chi connectivity index (χ0v) is 7.27. The Morgan fingerprint density at radius 3 is 3.00 bits per heavy atom. The van der Waals surface area contributed by atoms with Gasteiger partial charge in [-0.05, 0) is 0 Å². The second-order valence-electron chi connectivity index (χ2n) is 3.56. The summed E-state index contributed by atoms with van der Waals surface area (Å²) in [5, 5.41) is 1.36. The Morgan fingerprint density at radius 2 is 2.40 bits per heavy atom. The number of hydrogen-bond donors (Lipinski definition) is 0. The maximum absolute atomic E-state index is 2.46. The van der Waals surface area contributed by atoms with Gasteiger partial charge >= 0.3 is 73.0 Å². The summed E-state index contributed by atoms with van der Waals surface area (Å²) in [5.74, 6) is 1.00. The molecule has 0 bridgehead atoms. The second-order valence-corrected chi connectivity index (χ2v) is 3.56. The van der Waals surface area contributed by atoms with Gasteiger partial charge in [-0.1, -0.05) is 0 Å². The molecule has 1 saturated heterocycles. The van der Waals surface area contributed by atoms with Crippen LogP contribution in [0.4, 0.5) is 0 Å². The third-order valence-corrected chi connectivity index (χ3v) is 2.42. The van der Waals surface area contributed by atoms with Crippen LogP contribution in [-0.4, -0.2) is 42.8 Å². The van der Waals surface area contributed by atoms with Gasteiger partial charge in [-0.15, -0.1) is 0 Å². The Morgan fingerprint density at radius 1 is 1.60 bits per heavy atom. The first kappa shape index (κ1) is 8.65. The van der Waals surface area contributed by atoms with Crippen molar-refractivity contribution in [3.05, 3.63) is 0 Å². The summed E-state index contributed by atoms with van der Waals surface area (Å²) in [6, 6.07) is 0. The van der Waals surface area contributed by atoms with Crippen molar-refractivity contribution < 1.29 is 0 Å². The van der Waals surface area contributed by atoms with E-state index in [1.54, 1.807) is 0 Å². The predicted octanol–water partition coefficient (Wildman–Crippen LogP) is 1.31. The number of likely N-dealkylation sites (tertiary alicyclic amines) is 1. The van der Waals surface area contributed by atoms with E-state index in [-0.39, 0.29) is 0 Å². The van der Waals surface area contributed by atoms with Crippen molar-refractivity contribution in [2.45, 2.75) is 24.4 Å². The first-order valence-corrected chi connectivity index (χ1v) is 4.51. The first-order chi connectivity index (χ1) is 4.83. The minimum atomic E-state index is 1.00. The van der Waals surface area contributed by atoms with E-state index < -0.39 is 0 Å². The van der Waals surface area contributed by atoms with E-state index in [0.29, 0.717) is 0 Å². The van der Waals surface area contributed by atoms with E-state index in [2.05, 4.69) is 29.7 Å². The van der Waals surface area contributed by atoms with Gasteiger partial charge in [0, 0.05) is 0 Å². The zero-order valence-electron chi connectivity index (χ0n) is 7.27. The van der Waals surface area contributed by atoms with E-state index in [0.717, 1.165) is 5.92 Å². The summed E-state index contributed by atoms with van der Waals surface area (Å²) in [7, 11) is 2.24. The Balaban J connectivity index is 2.18. The Hall–Kier alpha value is 0.557. The molecule has 0 amide bonds. The Bertz CT molecular complexity index is 93.3. The fourth-order valence-corrected chi connectivity index (χ4v) is 1.92. The number of piperidine rings is 1. The summed E-state index contributed by atoms with van der Waals surface area (Å²) in [5.41, 5.74) is 0. The molecule has 1 atom stereocenters. The number of nitrogens with zero attached hydrogens (tertiary/aromatic N) is 1. The Kier molecular flexibility index (Phi) is 3.84. The molecule has 1 fully saturated rings. The van der Waals surface area contributed by atoms with Crippen LogP contribution in [0.1, 0.15) is 19.3 Å². The van der Waals surface area contributed by atoms with E-state index in [1.807, 2.05) is 0 Å². The van der Waals surface area contributed by atoms with Gasteiger partial charge in [-0.25, -0.2) is 0 Å². The van der Waals surface area contributed by atoms with Gasteiger partial charge in [0.05, 0.1) is 0 Å². The molecule has 0 aromatic heterocycles. The molecule has 0 aromatic carbocycles. The molecule has 54 valence electrons. The zero-order chi connectivity index (χ0) is 7.40. The van der Waals surface area contributed by atoms with Crippen molar-refractivity contribution in [2.75, 3.05) is 20.1 Å². The molecule has 0 N–H and O–H groups in total. The normalized spacial score (nSPS) is 28.9. The van der Waals surface area contributed by atoms with Gasteiger partial charge in [-0.3, -0.25) is 0 Å². The van der Waals surface area contributed by atoms with Crippen LogP contribution in [0.5, 0.6) is 0 Å². The van der Waals surface area contributed by atoms with E-state index in [9.17, 15) is 0 Å². The third-order valence-electron chi connectivity index (χ3n) is 2.42. The van der Waals surface area contributed by atoms with E-state index in [1.165, 1.54) is 37.4 Å². The van der Waals surface area contributed by atoms with Gasteiger partial charge in [0.15, 0.2) is 0 Å². The quantitative estimate of drug-likeness (QED) is 0.513. The molecule has 2 heteroatoms. The molecule has 1 aliphatic rings. The van der Waals surface area contributed by atoms with Crippen LogP contribution in [0.15, 0.2) is 0 Å². The van der Waals surface area contributed by atoms with Gasteiger partial charge in [-0.2, -0.15) is 0 Å². The third kappa shape index (κ3) is 2.66. The van der Waals surface area contributed by atoms with Gasteiger partial charge in [0.25, 0.3) is 0 Å². The van der Waals surface area contributed by atoms with Crippen LogP contribution in [0.3, 0.4) is 0 Å². The SMILES string of the molecule is [Li][CH2]CC1CCCN(C)C1. The molecule has 1 aliphatic heterocycles. The van der Waals surface area contributed by atoms with Crippen molar-refractivity contribution in [1.29, 1.82) is 0 Å². The molecular weight excluding hydrogens is 117 g/mol. The average molecular weight is 133 g/mol. The minimum absolute atomic E-state index is 1.00. The monoisotopic (exact) mass is 133 g/mol. The maximum atomic E-state index is 2.46. The molecular formula is C8H16LiN. The molecule has 10 heavy (non-hydrogen) atoms. The van der Waals surface area contributed by atoms with Crippen molar-refractivity contribution in [1.82, 2.24) is 4.90 Å². The van der Waals surface area contributed by atoms with Crippen LogP contribution in [0.2, 0.25) is 5.09 Å². The van der Waals surface area contributed by atoms with Crippen LogP contribution in [0, 0.1) is 5.92 Å². The van der Waals surface area contributed by atoms with Gasteiger partial charge in [0.1, 0.15) is 0 Å². The molecule has 1 nitrogen and oxygen atoms in total. The molecule has 0 radical (unpaired) electrons. The van der Waals surface area contributed by atoms with Crippen molar-refractivity contribution >= 4 is 17.7 Å². The van der Waals surface area contributed by atoms with E-state index >= 15 is 0 Å². The van der Waals surface area contributed by atoms with Crippen LogP contribution in [0.25, 0.3) is 0 Å². The summed E-state index contributed by atoms with van der Waals surface area (Å²) in [4.78, 5) is 2.46. The fourth-order valence-electron chi connectivity index (χ4n) is 1.92. The summed E-state index contributed by atoms with van der Waals surface area (Å²) < 4.78 is 0. The predicted molar refractivity (Wildman–Crippen MR) is 45.4 cm³/mol. The molecule has 1 rings (SSSR count). The standard InChI is InChI=1S/C8H16N.Li/c1-3-8-5-4-6-9(2)7-8;/h8H,1,3-7H2,2H3;. The molecule has 0 aromatic rings. The number of hydrogen-bond acceptors (Lipinski definition) is 1. The molecule has 0 saturated carbocycles. The topological polar surface area (TPSA) is 3.24 Å². The Labute approximate surface area is 73.4 Å². The molecule has 0 spiro atoms. The summed E-state index contributed by atoms with van der Waals surface area (Å²) in [6.45, 7) is 2.66.